The van der Waals surface area contributed by atoms with Gasteiger partial charge in [0.15, 0.2) is 5.69 Å². The van der Waals surface area contributed by atoms with Gasteiger partial charge in [0.1, 0.15) is 0 Å². The molecule has 0 saturated heterocycles. The minimum absolute atomic E-state index is 0.0439. The fraction of sp³-hybridized carbons (Fsp3) is 0.333. The molecular formula is C12H14N2O3. The van der Waals surface area contributed by atoms with E-state index < -0.39 is 5.97 Å². The molecule has 90 valence electrons. The lowest BCUT2D eigenvalue weighted by molar-refractivity contribution is 0.0689. The number of hydrogen-bond acceptors (Lipinski definition) is 3. The summed E-state index contributed by atoms with van der Waals surface area (Å²) in [5.41, 5.74) is 1.68. The van der Waals surface area contributed by atoms with E-state index in [0.29, 0.717) is 18.4 Å². The number of aliphatic hydroxyl groups excluding tert-OH is 1. The number of carbonyl (C=O) groups is 1. The summed E-state index contributed by atoms with van der Waals surface area (Å²) in [6, 6.07) is 1.89. The third-order valence-corrected chi connectivity index (χ3v) is 2.84. The van der Waals surface area contributed by atoms with Crippen molar-refractivity contribution in [1.29, 1.82) is 0 Å². The number of carboxylic acid groups (broad SMARTS) is 1. The Morgan fingerprint density at radius 1 is 1.53 bits per heavy atom. The molecule has 0 fully saturated rings. The van der Waals surface area contributed by atoms with Gasteiger partial charge in [-0.2, -0.15) is 0 Å². The first-order valence-corrected chi connectivity index (χ1v) is 5.42. The quantitative estimate of drug-likeness (QED) is 0.833. The van der Waals surface area contributed by atoms with Crippen molar-refractivity contribution in [2.45, 2.75) is 12.8 Å². The normalized spacial score (nSPS) is 10.9. The lowest BCUT2D eigenvalue weighted by atomic mass is 10.0. The van der Waals surface area contributed by atoms with Crippen molar-refractivity contribution in [3.05, 3.63) is 29.7 Å². The van der Waals surface area contributed by atoms with Gasteiger partial charge in [0.2, 0.25) is 0 Å². The zero-order chi connectivity index (χ0) is 12.4. The first-order chi connectivity index (χ1) is 8.15. The van der Waals surface area contributed by atoms with Crippen LogP contribution in [0.5, 0.6) is 0 Å². The second-order valence-corrected chi connectivity index (χ2v) is 3.94. The van der Waals surface area contributed by atoms with Gasteiger partial charge < -0.3 is 14.8 Å². The molecule has 0 amide bonds. The average molecular weight is 234 g/mol. The number of carboxylic acids is 1. The Morgan fingerprint density at radius 2 is 2.29 bits per heavy atom. The Bertz CT molecular complexity index is 560. The number of aryl methyl sites for hydroxylation is 2. The predicted molar refractivity (Wildman–Crippen MR) is 63.1 cm³/mol. The van der Waals surface area contributed by atoms with E-state index in [9.17, 15) is 4.79 Å². The first kappa shape index (κ1) is 11.6. The Balaban J connectivity index is 2.62. The highest BCUT2D eigenvalue weighted by molar-refractivity contribution is 5.94. The van der Waals surface area contributed by atoms with E-state index in [-0.39, 0.29) is 12.3 Å². The van der Waals surface area contributed by atoms with Crippen LogP contribution in [0.2, 0.25) is 0 Å². The van der Waals surface area contributed by atoms with Crippen LogP contribution in [0.1, 0.15) is 22.5 Å². The third-order valence-electron chi connectivity index (χ3n) is 2.84. The smallest absolute Gasteiger partial charge is 0.354 e. The van der Waals surface area contributed by atoms with E-state index in [1.165, 1.54) is 0 Å². The Morgan fingerprint density at radius 3 is 2.94 bits per heavy atom. The number of aliphatic hydroxyl groups is 1. The molecule has 0 saturated carbocycles. The SMILES string of the molecule is Cn1ccc2c(CCCO)c(C(=O)O)ncc21. The van der Waals surface area contributed by atoms with Gasteiger partial charge in [0.05, 0.1) is 11.7 Å². The van der Waals surface area contributed by atoms with E-state index in [2.05, 4.69) is 4.98 Å². The molecule has 0 radical (unpaired) electrons. The lowest BCUT2D eigenvalue weighted by Crippen LogP contribution is -2.07. The van der Waals surface area contributed by atoms with E-state index in [1.807, 2.05) is 23.9 Å². The minimum atomic E-state index is -1.02. The van der Waals surface area contributed by atoms with Crippen molar-refractivity contribution in [1.82, 2.24) is 9.55 Å². The Kier molecular flexibility index (Phi) is 3.10. The maximum absolute atomic E-state index is 11.1. The molecule has 0 aromatic carbocycles. The van der Waals surface area contributed by atoms with Gasteiger partial charge in [-0.25, -0.2) is 9.78 Å². The highest BCUT2D eigenvalue weighted by atomic mass is 16.4. The fourth-order valence-corrected chi connectivity index (χ4v) is 1.98. The minimum Gasteiger partial charge on any atom is -0.477 e. The molecule has 2 aromatic rings. The van der Waals surface area contributed by atoms with Crippen LogP contribution in [-0.2, 0) is 13.5 Å². The van der Waals surface area contributed by atoms with E-state index in [4.69, 9.17) is 10.2 Å². The zero-order valence-electron chi connectivity index (χ0n) is 9.55. The van der Waals surface area contributed by atoms with Crippen LogP contribution in [0.3, 0.4) is 0 Å². The molecular weight excluding hydrogens is 220 g/mol. The molecule has 2 N–H and O–H groups in total. The third kappa shape index (κ3) is 2.01. The summed E-state index contributed by atoms with van der Waals surface area (Å²) in [6.45, 7) is 0.0439. The van der Waals surface area contributed by atoms with Crippen molar-refractivity contribution < 1.29 is 15.0 Å². The maximum Gasteiger partial charge on any atom is 0.354 e. The molecule has 0 atom stereocenters. The number of fused-ring (bicyclic) bond motifs is 1. The van der Waals surface area contributed by atoms with Gasteiger partial charge in [-0.1, -0.05) is 0 Å². The van der Waals surface area contributed by atoms with Crippen molar-refractivity contribution >= 4 is 16.9 Å². The monoisotopic (exact) mass is 234 g/mol. The Hall–Kier alpha value is -1.88. The number of pyridine rings is 1. The van der Waals surface area contributed by atoms with Crippen LogP contribution >= 0.6 is 0 Å². The summed E-state index contributed by atoms with van der Waals surface area (Å²) in [7, 11) is 1.89. The van der Waals surface area contributed by atoms with Crippen LogP contribution in [0.4, 0.5) is 0 Å². The molecule has 2 rings (SSSR count). The van der Waals surface area contributed by atoms with E-state index in [0.717, 1.165) is 10.9 Å². The second-order valence-electron chi connectivity index (χ2n) is 3.94. The number of rotatable bonds is 4. The van der Waals surface area contributed by atoms with Crippen molar-refractivity contribution in [2.24, 2.45) is 7.05 Å². The van der Waals surface area contributed by atoms with Crippen LogP contribution in [-0.4, -0.2) is 32.3 Å². The largest absolute Gasteiger partial charge is 0.477 e. The average Bonchev–Trinajstić information content (AvgIpc) is 2.68. The molecule has 0 spiro atoms. The molecule has 0 bridgehead atoms. The van der Waals surface area contributed by atoms with Gasteiger partial charge in [-0.05, 0) is 24.5 Å². The van der Waals surface area contributed by atoms with Crippen LogP contribution in [0.25, 0.3) is 10.9 Å². The van der Waals surface area contributed by atoms with Crippen LogP contribution in [0, 0.1) is 0 Å². The van der Waals surface area contributed by atoms with E-state index >= 15 is 0 Å². The zero-order valence-corrected chi connectivity index (χ0v) is 9.55. The predicted octanol–water partition coefficient (Wildman–Crippen LogP) is 1.20. The van der Waals surface area contributed by atoms with E-state index in [1.54, 1.807) is 6.20 Å². The van der Waals surface area contributed by atoms with Gasteiger partial charge in [-0.15, -0.1) is 0 Å². The number of aromatic nitrogens is 2. The first-order valence-electron chi connectivity index (χ1n) is 5.42. The number of hydrogen-bond donors (Lipinski definition) is 2. The fourth-order valence-electron chi connectivity index (χ4n) is 1.98. The summed E-state index contributed by atoms with van der Waals surface area (Å²) < 4.78 is 1.90. The highest BCUT2D eigenvalue weighted by Crippen LogP contribution is 2.22. The number of aromatic carboxylic acids is 1. The molecule has 2 heterocycles. The van der Waals surface area contributed by atoms with Crippen molar-refractivity contribution in [2.75, 3.05) is 6.61 Å². The summed E-state index contributed by atoms with van der Waals surface area (Å²) in [5.74, 6) is -1.02. The molecule has 2 aromatic heterocycles. The second kappa shape index (κ2) is 4.55. The van der Waals surface area contributed by atoms with Gasteiger partial charge in [0, 0.05) is 25.2 Å². The van der Waals surface area contributed by atoms with Gasteiger partial charge in [-0.3, -0.25) is 0 Å². The summed E-state index contributed by atoms with van der Waals surface area (Å²) in [4.78, 5) is 15.1. The van der Waals surface area contributed by atoms with Gasteiger partial charge >= 0.3 is 5.97 Å². The molecule has 0 aliphatic rings. The maximum atomic E-state index is 11.1. The summed E-state index contributed by atoms with van der Waals surface area (Å²) in [6.07, 6.45) is 4.50. The lowest BCUT2D eigenvalue weighted by Gasteiger charge is -2.07. The molecule has 0 unspecified atom stereocenters. The van der Waals surface area contributed by atoms with Crippen LogP contribution in [0.15, 0.2) is 18.5 Å². The molecule has 0 aliphatic heterocycles. The standard InChI is InChI=1S/C12H14N2O3/c1-14-5-4-8-9(3-2-6-15)11(12(16)17)13-7-10(8)14/h4-5,7,15H,2-3,6H2,1H3,(H,16,17). The van der Waals surface area contributed by atoms with Crippen molar-refractivity contribution in [3.63, 3.8) is 0 Å². The molecule has 5 heteroatoms. The molecule has 17 heavy (non-hydrogen) atoms. The van der Waals surface area contributed by atoms with Crippen molar-refractivity contribution in [3.8, 4) is 0 Å². The number of nitrogens with zero attached hydrogens (tertiary/aromatic N) is 2. The van der Waals surface area contributed by atoms with Crippen LogP contribution < -0.4 is 0 Å². The summed E-state index contributed by atoms with van der Waals surface area (Å²) in [5, 5.41) is 18.9. The Labute approximate surface area is 98.3 Å². The molecule has 5 nitrogen and oxygen atoms in total. The topological polar surface area (TPSA) is 75.4 Å². The highest BCUT2D eigenvalue weighted by Gasteiger charge is 2.15. The molecule has 0 aliphatic carbocycles. The van der Waals surface area contributed by atoms with Gasteiger partial charge in [0.25, 0.3) is 0 Å². The summed E-state index contributed by atoms with van der Waals surface area (Å²) >= 11 is 0.